The Kier molecular flexibility index (Phi) is 4.01. The van der Waals surface area contributed by atoms with Gasteiger partial charge in [-0.3, -0.25) is 9.78 Å². The summed E-state index contributed by atoms with van der Waals surface area (Å²) in [7, 11) is 0. The predicted octanol–water partition coefficient (Wildman–Crippen LogP) is 5.10. The summed E-state index contributed by atoms with van der Waals surface area (Å²) >= 11 is 11.9. The van der Waals surface area contributed by atoms with E-state index >= 15 is 0 Å². The monoisotopic (exact) mass is 330 g/mol. The van der Waals surface area contributed by atoms with Crippen LogP contribution in [0.3, 0.4) is 0 Å². The van der Waals surface area contributed by atoms with Gasteiger partial charge < -0.3 is 5.32 Å². The molecule has 0 atom stereocenters. The lowest BCUT2D eigenvalue weighted by atomic mass is 10.1. The molecule has 1 heterocycles. The molecule has 0 aliphatic heterocycles. The lowest BCUT2D eigenvalue weighted by Crippen LogP contribution is -2.13. The summed E-state index contributed by atoms with van der Waals surface area (Å²) in [5, 5.41) is 4.57. The lowest BCUT2D eigenvalue weighted by molar-refractivity contribution is 0.102. The standard InChI is InChI=1S/C17H12Cl2N2O/c1-10-6-15(14-4-2-3-5-16(14)20-10)17(22)21-13-8-11(18)7-12(19)9-13/h2-9H,1H3,(H,21,22). The number of pyridine rings is 1. The summed E-state index contributed by atoms with van der Waals surface area (Å²) in [6, 6.07) is 14.2. The van der Waals surface area contributed by atoms with Crippen molar-refractivity contribution in [3.63, 3.8) is 0 Å². The normalized spacial score (nSPS) is 10.7. The van der Waals surface area contributed by atoms with Gasteiger partial charge in [0.15, 0.2) is 0 Å². The highest BCUT2D eigenvalue weighted by atomic mass is 35.5. The molecule has 3 rings (SSSR count). The van der Waals surface area contributed by atoms with Crippen LogP contribution in [0.15, 0.2) is 48.5 Å². The number of hydrogen-bond donors (Lipinski definition) is 1. The van der Waals surface area contributed by atoms with Crippen molar-refractivity contribution < 1.29 is 4.79 Å². The molecule has 0 saturated heterocycles. The Hall–Kier alpha value is -2.10. The minimum absolute atomic E-state index is 0.222. The van der Waals surface area contributed by atoms with Crippen molar-refractivity contribution in [2.24, 2.45) is 0 Å². The molecule has 3 aromatic rings. The second-order valence-electron chi connectivity index (χ2n) is 4.94. The molecule has 0 radical (unpaired) electrons. The van der Waals surface area contributed by atoms with Crippen molar-refractivity contribution in [2.75, 3.05) is 5.32 Å². The smallest absolute Gasteiger partial charge is 0.256 e. The molecule has 0 bridgehead atoms. The van der Waals surface area contributed by atoms with Crippen molar-refractivity contribution in [3.8, 4) is 0 Å². The number of aromatic nitrogens is 1. The number of carbonyl (C=O) groups excluding carboxylic acids is 1. The van der Waals surface area contributed by atoms with E-state index < -0.39 is 0 Å². The maximum atomic E-state index is 12.6. The number of nitrogens with zero attached hydrogens (tertiary/aromatic N) is 1. The van der Waals surface area contributed by atoms with E-state index in [0.29, 0.717) is 21.3 Å². The van der Waals surface area contributed by atoms with Crippen LogP contribution < -0.4 is 5.32 Å². The maximum absolute atomic E-state index is 12.6. The Bertz CT molecular complexity index is 857. The van der Waals surface area contributed by atoms with Gasteiger partial charge >= 0.3 is 0 Å². The van der Waals surface area contributed by atoms with Crippen LogP contribution in [-0.4, -0.2) is 10.9 Å². The lowest BCUT2D eigenvalue weighted by Gasteiger charge is -2.09. The number of para-hydroxylation sites is 1. The van der Waals surface area contributed by atoms with Gasteiger partial charge in [-0.1, -0.05) is 41.4 Å². The Balaban J connectivity index is 2.02. The van der Waals surface area contributed by atoms with E-state index in [1.807, 2.05) is 31.2 Å². The van der Waals surface area contributed by atoms with Gasteiger partial charge in [0.1, 0.15) is 0 Å². The van der Waals surface area contributed by atoms with Crippen LogP contribution in [0.4, 0.5) is 5.69 Å². The van der Waals surface area contributed by atoms with E-state index in [2.05, 4.69) is 10.3 Å². The molecule has 0 saturated carbocycles. The number of rotatable bonds is 2. The fraction of sp³-hybridized carbons (Fsp3) is 0.0588. The van der Waals surface area contributed by atoms with Crippen LogP contribution in [-0.2, 0) is 0 Å². The molecule has 0 spiro atoms. The first-order chi connectivity index (χ1) is 10.5. The van der Waals surface area contributed by atoms with Crippen molar-refractivity contribution in [1.29, 1.82) is 0 Å². The highest BCUT2D eigenvalue weighted by Crippen LogP contribution is 2.24. The first kappa shape index (κ1) is 14.8. The van der Waals surface area contributed by atoms with Crippen LogP contribution in [0.1, 0.15) is 16.1 Å². The summed E-state index contributed by atoms with van der Waals surface area (Å²) in [4.78, 5) is 17.0. The molecule has 110 valence electrons. The minimum atomic E-state index is -0.222. The third kappa shape index (κ3) is 3.06. The molecule has 22 heavy (non-hydrogen) atoms. The summed E-state index contributed by atoms with van der Waals surface area (Å²) in [6.07, 6.45) is 0. The molecule has 1 N–H and O–H groups in total. The second-order valence-corrected chi connectivity index (χ2v) is 5.81. The number of amides is 1. The molecule has 1 aromatic heterocycles. The molecular formula is C17H12Cl2N2O. The third-order valence-electron chi connectivity index (χ3n) is 3.21. The molecule has 3 nitrogen and oxygen atoms in total. The number of hydrogen-bond acceptors (Lipinski definition) is 2. The second kappa shape index (κ2) is 5.95. The minimum Gasteiger partial charge on any atom is -0.322 e. The number of anilines is 1. The van der Waals surface area contributed by atoms with Crippen LogP contribution >= 0.6 is 23.2 Å². The zero-order chi connectivity index (χ0) is 15.7. The highest BCUT2D eigenvalue weighted by Gasteiger charge is 2.12. The molecule has 0 aliphatic carbocycles. The highest BCUT2D eigenvalue weighted by molar-refractivity contribution is 6.35. The average Bonchev–Trinajstić information content (AvgIpc) is 2.45. The zero-order valence-electron chi connectivity index (χ0n) is 11.7. The molecule has 2 aromatic carbocycles. The van der Waals surface area contributed by atoms with Crippen molar-refractivity contribution in [1.82, 2.24) is 4.98 Å². The summed E-state index contributed by atoms with van der Waals surface area (Å²) in [5.41, 5.74) is 2.70. The summed E-state index contributed by atoms with van der Waals surface area (Å²) in [5.74, 6) is -0.222. The van der Waals surface area contributed by atoms with Gasteiger partial charge in [0.05, 0.1) is 11.1 Å². The fourth-order valence-electron chi connectivity index (χ4n) is 2.32. The Labute approximate surface area is 137 Å². The predicted molar refractivity (Wildman–Crippen MR) is 90.9 cm³/mol. The van der Waals surface area contributed by atoms with Gasteiger partial charge in [-0.2, -0.15) is 0 Å². The first-order valence-electron chi connectivity index (χ1n) is 6.67. The van der Waals surface area contributed by atoms with E-state index in [-0.39, 0.29) is 5.91 Å². The topological polar surface area (TPSA) is 42.0 Å². The van der Waals surface area contributed by atoms with Crippen LogP contribution in [0.25, 0.3) is 10.9 Å². The molecule has 0 aliphatic rings. The molecule has 1 amide bonds. The van der Waals surface area contributed by atoms with E-state index in [1.54, 1.807) is 24.3 Å². The Morgan fingerprint density at radius 2 is 1.73 bits per heavy atom. The van der Waals surface area contributed by atoms with Crippen LogP contribution in [0.2, 0.25) is 10.0 Å². The van der Waals surface area contributed by atoms with Crippen molar-refractivity contribution in [2.45, 2.75) is 6.92 Å². The van der Waals surface area contributed by atoms with Crippen molar-refractivity contribution in [3.05, 3.63) is 69.8 Å². The van der Waals surface area contributed by atoms with Gasteiger partial charge in [-0.05, 0) is 37.3 Å². The van der Waals surface area contributed by atoms with E-state index in [4.69, 9.17) is 23.2 Å². The Morgan fingerprint density at radius 1 is 1.05 bits per heavy atom. The van der Waals surface area contributed by atoms with Gasteiger partial charge in [0.25, 0.3) is 5.91 Å². The van der Waals surface area contributed by atoms with E-state index in [0.717, 1.165) is 16.6 Å². The molecule has 5 heteroatoms. The van der Waals surface area contributed by atoms with Gasteiger partial charge in [0.2, 0.25) is 0 Å². The number of fused-ring (bicyclic) bond motifs is 1. The number of nitrogens with one attached hydrogen (secondary N) is 1. The third-order valence-corrected chi connectivity index (χ3v) is 3.65. The Morgan fingerprint density at radius 3 is 2.45 bits per heavy atom. The van der Waals surface area contributed by atoms with Gasteiger partial charge in [-0.25, -0.2) is 0 Å². The fourth-order valence-corrected chi connectivity index (χ4v) is 2.85. The largest absolute Gasteiger partial charge is 0.322 e. The van der Waals surface area contributed by atoms with E-state index in [1.165, 1.54) is 0 Å². The number of benzene rings is 2. The molecular weight excluding hydrogens is 319 g/mol. The summed E-state index contributed by atoms with van der Waals surface area (Å²) in [6.45, 7) is 1.86. The number of carbonyl (C=O) groups is 1. The van der Waals surface area contributed by atoms with Gasteiger partial charge in [-0.15, -0.1) is 0 Å². The van der Waals surface area contributed by atoms with Crippen LogP contribution in [0.5, 0.6) is 0 Å². The SMILES string of the molecule is Cc1cc(C(=O)Nc2cc(Cl)cc(Cl)c2)c2ccccc2n1. The summed E-state index contributed by atoms with van der Waals surface area (Å²) < 4.78 is 0. The van der Waals surface area contributed by atoms with E-state index in [9.17, 15) is 4.79 Å². The molecule has 0 unspecified atom stereocenters. The first-order valence-corrected chi connectivity index (χ1v) is 7.42. The average molecular weight is 331 g/mol. The van der Waals surface area contributed by atoms with Crippen LogP contribution in [0, 0.1) is 6.92 Å². The number of halogens is 2. The van der Waals surface area contributed by atoms with Crippen molar-refractivity contribution >= 4 is 45.7 Å². The van der Waals surface area contributed by atoms with Gasteiger partial charge in [0, 0.05) is 26.8 Å². The quantitative estimate of drug-likeness (QED) is 0.710. The molecule has 0 fully saturated rings. The number of aryl methyl sites for hydroxylation is 1. The zero-order valence-corrected chi connectivity index (χ0v) is 13.2. The maximum Gasteiger partial charge on any atom is 0.256 e.